The largest absolute Gasteiger partial charge is 0.378 e. The molecule has 0 aliphatic heterocycles. The minimum absolute atomic E-state index is 0.127. The highest BCUT2D eigenvalue weighted by molar-refractivity contribution is 7.89. The molecule has 3 aromatic rings. The lowest BCUT2D eigenvalue weighted by atomic mass is 10.1. The van der Waals surface area contributed by atoms with Crippen molar-refractivity contribution in [1.29, 1.82) is 0 Å². The van der Waals surface area contributed by atoms with Crippen LogP contribution in [0.15, 0.2) is 65.6 Å². The fourth-order valence-electron chi connectivity index (χ4n) is 2.38. The number of sulfonamides is 1. The first-order valence-electron chi connectivity index (χ1n) is 7.35. The van der Waals surface area contributed by atoms with Crippen molar-refractivity contribution in [1.82, 2.24) is 0 Å². The predicted octanol–water partition coefficient (Wildman–Crippen LogP) is 3.80. The summed E-state index contributed by atoms with van der Waals surface area (Å²) in [6.07, 6.45) is 0. The number of hydrogen-bond acceptors (Lipinski definition) is 4. The van der Waals surface area contributed by atoms with Gasteiger partial charge in [-0.2, -0.15) is 0 Å². The molecule has 0 fully saturated rings. The fraction of sp³-hybridized carbons (Fsp3) is 0.111. The van der Waals surface area contributed by atoms with Crippen LogP contribution < -0.4 is 10.0 Å². The van der Waals surface area contributed by atoms with Gasteiger partial charge in [0.15, 0.2) is 0 Å². The quantitative estimate of drug-likeness (QED) is 0.772. The summed E-state index contributed by atoms with van der Waals surface area (Å²) in [7, 11) is 0.383. The molecule has 0 spiro atoms. The zero-order valence-corrected chi connectivity index (χ0v) is 15.1. The molecule has 0 atom stereocenters. The molecule has 2 N–H and O–H groups in total. The van der Waals surface area contributed by atoms with E-state index in [-0.39, 0.29) is 4.90 Å². The van der Waals surface area contributed by atoms with E-state index in [1.807, 2.05) is 20.2 Å². The number of thiophene rings is 1. The van der Waals surface area contributed by atoms with Crippen molar-refractivity contribution in [2.75, 3.05) is 19.0 Å². The van der Waals surface area contributed by atoms with E-state index in [0.29, 0.717) is 0 Å². The van der Waals surface area contributed by atoms with Gasteiger partial charge in [0, 0.05) is 29.5 Å². The van der Waals surface area contributed by atoms with Crippen LogP contribution in [0.4, 0.5) is 5.69 Å². The Labute approximate surface area is 146 Å². The number of hydrogen-bond donors (Lipinski definition) is 1. The second-order valence-corrected chi connectivity index (χ2v) is 8.32. The SMILES string of the molecule is CN(C)c1ccc(-c2ccc(-c3ccc(S(N)(=O)=O)cc3)s2)cc1. The minimum Gasteiger partial charge on any atom is -0.378 e. The van der Waals surface area contributed by atoms with Gasteiger partial charge < -0.3 is 4.90 Å². The van der Waals surface area contributed by atoms with Gasteiger partial charge in [0.2, 0.25) is 10.0 Å². The Morgan fingerprint density at radius 1 is 0.792 bits per heavy atom. The highest BCUT2D eigenvalue weighted by Gasteiger charge is 2.09. The molecule has 0 amide bonds. The summed E-state index contributed by atoms with van der Waals surface area (Å²) in [6, 6.07) is 19.2. The van der Waals surface area contributed by atoms with Crippen molar-refractivity contribution in [2.24, 2.45) is 5.14 Å². The van der Waals surface area contributed by atoms with Gasteiger partial charge in [-0.1, -0.05) is 24.3 Å². The number of rotatable bonds is 4. The Balaban J connectivity index is 1.87. The van der Waals surface area contributed by atoms with Crippen molar-refractivity contribution >= 4 is 27.0 Å². The smallest absolute Gasteiger partial charge is 0.238 e. The van der Waals surface area contributed by atoms with E-state index in [1.54, 1.807) is 23.5 Å². The van der Waals surface area contributed by atoms with E-state index >= 15 is 0 Å². The second-order valence-electron chi connectivity index (χ2n) is 5.67. The van der Waals surface area contributed by atoms with Gasteiger partial charge in [0.05, 0.1) is 4.90 Å². The van der Waals surface area contributed by atoms with E-state index < -0.39 is 10.0 Å². The third kappa shape index (κ3) is 3.51. The molecule has 3 rings (SSSR count). The topological polar surface area (TPSA) is 63.4 Å². The lowest BCUT2D eigenvalue weighted by Gasteiger charge is -2.12. The zero-order valence-electron chi connectivity index (χ0n) is 13.4. The van der Waals surface area contributed by atoms with E-state index in [1.165, 1.54) is 17.0 Å². The summed E-state index contributed by atoms with van der Waals surface area (Å²) in [4.78, 5) is 4.45. The average Bonchev–Trinajstić information content (AvgIpc) is 3.04. The Bertz CT molecular complexity index is 941. The van der Waals surface area contributed by atoms with E-state index in [4.69, 9.17) is 5.14 Å². The van der Waals surface area contributed by atoms with Crippen molar-refractivity contribution in [3.05, 3.63) is 60.7 Å². The summed E-state index contributed by atoms with van der Waals surface area (Å²) in [5, 5.41) is 5.13. The number of nitrogens with two attached hydrogens (primary N) is 1. The Morgan fingerprint density at radius 2 is 1.25 bits per heavy atom. The van der Waals surface area contributed by atoms with Crippen LogP contribution in [0.1, 0.15) is 0 Å². The lowest BCUT2D eigenvalue weighted by molar-refractivity contribution is 0.598. The first kappa shape index (κ1) is 16.7. The van der Waals surface area contributed by atoms with Crippen LogP contribution in [0.5, 0.6) is 0 Å². The molecule has 0 radical (unpaired) electrons. The molecule has 1 heterocycles. The molecule has 2 aromatic carbocycles. The standard InChI is InChI=1S/C18H18N2O2S2/c1-20(2)15-7-3-13(4-8-15)17-11-12-18(23-17)14-5-9-16(10-6-14)24(19,21)22/h3-12H,1-2H3,(H2,19,21,22). The van der Waals surface area contributed by atoms with Crippen molar-refractivity contribution in [2.45, 2.75) is 4.90 Å². The van der Waals surface area contributed by atoms with Crippen LogP contribution in [0.3, 0.4) is 0 Å². The van der Waals surface area contributed by atoms with Crippen LogP contribution in [0, 0.1) is 0 Å². The molecule has 0 unspecified atom stereocenters. The highest BCUT2D eigenvalue weighted by atomic mass is 32.2. The van der Waals surface area contributed by atoms with Crippen LogP contribution in [-0.2, 0) is 10.0 Å². The third-order valence-corrected chi connectivity index (χ3v) is 5.85. The zero-order chi connectivity index (χ0) is 17.3. The fourth-order valence-corrected chi connectivity index (χ4v) is 3.91. The van der Waals surface area contributed by atoms with E-state index in [2.05, 4.69) is 35.2 Å². The number of anilines is 1. The van der Waals surface area contributed by atoms with Gasteiger partial charge >= 0.3 is 0 Å². The lowest BCUT2D eigenvalue weighted by Crippen LogP contribution is -2.11. The molecule has 0 aliphatic carbocycles. The molecule has 0 saturated heterocycles. The molecular formula is C18H18N2O2S2. The maximum absolute atomic E-state index is 11.3. The number of benzene rings is 2. The van der Waals surface area contributed by atoms with Gasteiger partial charge in [-0.25, -0.2) is 13.6 Å². The summed E-state index contributed by atoms with van der Waals surface area (Å²) < 4.78 is 22.6. The molecule has 0 bridgehead atoms. The Hall–Kier alpha value is -2.15. The monoisotopic (exact) mass is 358 g/mol. The summed E-state index contributed by atoms with van der Waals surface area (Å²) in [6.45, 7) is 0. The predicted molar refractivity (Wildman–Crippen MR) is 101 cm³/mol. The van der Waals surface area contributed by atoms with Gasteiger partial charge in [0.25, 0.3) is 0 Å². The van der Waals surface area contributed by atoms with Crippen molar-refractivity contribution < 1.29 is 8.42 Å². The normalized spacial score (nSPS) is 11.5. The van der Waals surface area contributed by atoms with Crippen LogP contribution in [-0.4, -0.2) is 22.5 Å². The van der Waals surface area contributed by atoms with Crippen LogP contribution in [0.2, 0.25) is 0 Å². The maximum atomic E-state index is 11.3. The highest BCUT2D eigenvalue weighted by Crippen LogP contribution is 2.35. The van der Waals surface area contributed by atoms with Gasteiger partial charge in [-0.05, 0) is 47.5 Å². The second kappa shape index (κ2) is 6.39. The average molecular weight is 358 g/mol. The molecule has 24 heavy (non-hydrogen) atoms. The van der Waals surface area contributed by atoms with E-state index in [9.17, 15) is 8.42 Å². The summed E-state index contributed by atoms with van der Waals surface area (Å²) in [5.41, 5.74) is 3.30. The van der Waals surface area contributed by atoms with Crippen LogP contribution in [0.25, 0.3) is 20.9 Å². The van der Waals surface area contributed by atoms with Gasteiger partial charge in [-0.15, -0.1) is 11.3 Å². The molecule has 0 aliphatic rings. The molecular weight excluding hydrogens is 340 g/mol. The van der Waals surface area contributed by atoms with Crippen molar-refractivity contribution in [3.63, 3.8) is 0 Å². The maximum Gasteiger partial charge on any atom is 0.238 e. The number of nitrogens with zero attached hydrogens (tertiary/aromatic N) is 1. The minimum atomic E-state index is -3.65. The van der Waals surface area contributed by atoms with Gasteiger partial charge in [0.1, 0.15) is 0 Å². The Kier molecular flexibility index (Phi) is 4.45. The van der Waals surface area contributed by atoms with Crippen LogP contribution >= 0.6 is 11.3 Å². The molecule has 0 saturated carbocycles. The first-order valence-corrected chi connectivity index (χ1v) is 9.72. The summed E-state index contributed by atoms with van der Waals surface area (Å²) >= 11 is 1.67. The molecule has 4 nitrogen and oxygen atoms in total. The first-order chi connectivity index (χ1) is 11.3. The molecule has 6 heteroatoms. The Morgan fingerprint density at radius 3 is 1.67 bits per heavy atom. The van der Waals surface area contributed by atoms with E-state index in [0.717, 1.165) is 21.7 Å². The van der Waals surface area contributed by atoms with Gasteiger partial charge in [-0.3, -0.25) is 0 Å². The summed E-state index contributed by atoms with van der Waals surface area (Å²) in [5.74, 6) is 0. The van der Waals surface area contributed by atoms with Crippen molar-refractivity contribution in [3.8, 4) is 20.9 Å². The number of primary sulfonamides is 1. The molecule has 124 valence electrons. The third-order valence-electron chi connectivity index (χ3n) is 3.74. The molecule has 1 aromatic heterocycles.